The van der Waals surface area contributed by atoms with E-state index in [0.717, 1.165) is 39.1 Å². The van der Waals surface area contributed by atoms with Crippen LogP contribution in [0.2, 0.25) is 0 Å². The van der Waals surface area contributed by atoms with Gasteiger partial charge in [-0.1, -0.05) is 158 Å². The zero-order valence-corrected chi connectivity index (χ0v) is 28.6. The van der Waals surface area contributed by atoms with Crippen molar-refractivity contribution in [3.8, 4) is 22.3 Å². The molecule has 1 heterocycles. The Morgan fingerprint density at radius 2 is 1.12 bits per heavy atom. The molecule has 2 N–H and O–H groups in total. The standard InChI is InChI=1S/C49H35N3/c50-47(42-21-9-4-16-37(42)36-15-12-28-51-32-36)30-48(52-31-33-13-2-1-3-14-33)35-26-24-34(25-27-35)45-29-46-40-19-6-5-17-38(40)39-18-7-10-22-43(39)49(46)44-23-11-8-20-41(44)45/h1-30,32H,31,50H2/b47-30-,52-48?. The molecule has 0 spiro atoms. The molecule has 0 aliphatic rings. The highest BCUT2D eigenvalue weighted by molar-refractivity contribution is 6.33. The number of aromatic nitrogens is 1. The molecule has 52 heavy (non-hydrogen) atoms. The fraction of sp³-hybridized carbons (Fsp3) is 0.0204. The monoisotopic (exact) mass is 665 g/mol. The Kier molecular flexibility index (Phi) is 8.07. The van der Waals surface area contributed by atoms with Gasteiger partial charge < -0.3 is 5.73 Å². The number of allylic oxidation sites excluding steroid dienone is 1. The highest BCUT2D eigenvalue weighted by Crippen LogP contribution is 2.42. The molecular formula is C49H35N3. The van der Waals surface area contributed by atoms with E-state index in [0.29, 0.717) is 12.2 Å². The van der Waals surface area contributed by atoms with Gasteiger partial charge in [0.1, 0.15) is 0 Å². The molecule has 0 atom stereocenters. The number of hydrogen-bond acceptors (Lipinski definition) is 3. The smallest absolute Gasteiger partial charge is 0.0671 e. The van der Waals surface area contributed by atoms with E-state index >= 15 is 0 Å². The fourth-order valence-corrected chi connectivity index (χ4v) is 7.54. The summed E-state index contributed by atoms with van der Waals surface area (Å²) in [5.41, 5.74) is 15.9. The molecule has 9 aromatic rings. The predicted molar refractivity (Wildman–Crippen MR) is 220 cm³/mol. The molecule has 0 saturated carbocycles. The predicted octanol–water partition coefficient (Wildman–Crippen LogP) is 12.0. The first-order chi connectivity index (χ1) is 25.7. The maximum Gasteiger partial charge on any atom is 0.0671 e. The summed E-state index contributed by atoms with van der Waals surface area (Å²) < 4.78 is 0. The molecule has 9 rings (SSSR count). The van der Waals surface area contributed by atoms with Crippen LogP contribution >= 0.6 is 0 Å². The molecule has 0 bridgehead atoms. The average Bonchev–Trinajstić information content (AvgIpc) is 3.22. The number of benzene rings is 8. The Balaban J connectivity index is 1.18. The quantitative estimate of drug-likeness (QED) is 0.136. The van der Waals surface area contributed by atoms with Crippen molar-refractivity contribution in [2.45, 2.75) is 6.54 Å². The van der Waals surface area contributed by atoms with Crippen LogP contribution in [0.25, 0.3) is 71.0 Å². The summed E-state index contributed by atoms with van der Waals surface area (Å²) >= 11 is 0. The number of nitrogens with zero attached hydrogens (tertiary/aromatic N) is 2. The minimum atomic E-state index is 0.544. The first kappa shape index (κ1) is 31.2. The van der Waals surface area contributed by atoms with Crippen LogP contribution in [0.1, 0.15) is 16.7 Å². The highest BCUT2D eigenvalue weighted by atomic mass is 14.7. The Bertz CT molecular complexity index is 2800. The topological polar surface area (TPSA) is 51.3 Å². The summed E-state index contributed by atoms with van der Waals surface area (Å²) in [6.45, 7) is 0.544. The van der Waals surface area contributed by atoms with Crippen molar-refractivity contribution in [3.63, 3.8) is 0 Å². The van der Waals surface area contributed by atoms with Gasteiger partial charge in [-0.2, -0.15) is 0 Å². The second-order valence-corrected chi connectivity index (χ2v) is 13.1. The fourth-order valence-electron chi connectivity index (χ4n) is 7.54. The average molecular weight is 666 g/mol. The lowest BCUT2D eigenvalue weighted by Crippen LogP contribution is -2.05. The molecule has 8 aromatic carbocycles. The SMILES string of the molecule is N/C(=C\C(=NCc1ccccc1)c1ccc(-c2cc3c4ccccc4c4ccccc4c3c3ccccc23)cc1)c1ccccc1-c1cccnc1. The van der Waals surface area contributed by atoms with Gasteiger partial charge in [0.2, 0.25) is 0 Å². The van der Waals surface area contributed by atoms with Crippen molar-refractivity contribution in [2.75, 3.05) is 0 Å². The minimum Gasteiger partial charge on any atom is -0.398 e. The van der Waals surface area contributed by atoms with Gasteiger partial charge in [0.05, 0.1) is 12.3 Å². The van der Waals surface area contributed by atoms with Crippen LogP contribution in [0.3, 0.4) is 0 Å². The third kappa shape index (κ3) is 5.69. The Morgan fingerprint density at radius 1 is 0.519 bits per heavy atom. The first-order valence-electron chi connectivity index (χ1n) is 17.6. The van der Waals surface area contributed by atoms with Crippen molar-refractivity contribution in [1.82, 2.24) is 4.98 Å². The lowest BCUT2D eigenvalue weighted by Gasteiger charge is -2.16. The van der Waals surface area contributed by atoms with Gasteiger partial charge in [0, 0.05) is 29.2 Å². The van der Waals surface area contributed by atoms with E-state index in [2.05, 4.69) is 138 Å². The van der Waals surface area contributed by atoms with E-state index in [1.807, 2.05) is 48.7 Å². The Hall–Kier alpha value is -6.84. The summed E-state index contributed by atoms with van der Waals surface area (Å²) in [6.07, 6.45) is 5.67. The van der Waals surface area contributed by atoms with Crippen LogP contribution in [-0.2, 0) is 6.54 Å². The van der Waals surface area contributed by atoms with Gasteiger partial charge in [-0.05, 0) is 89.1 Å². The zero-order chi connectivity index (χ0) is 34.9. The first-order valence-corrected chi connectivity index (χ1v) is 17.6. The van der Waals surface area contributed by atoms with Gasteiger partial charge in [-0.3, -0.25) is 9.98 Å². The zero-order valence-electron chi connectivity index (χ0n) is 28.6. The number of fused-ring (bicyclic) bond motifs is 8. The van der Waals surface area contributed by atoms with Gasteiger partial charge in [0.25, 0.3) is 0 Å². The normalized spacial score (nSPS) is 12.2. The Labute approximate surface area is 303 Å². The largest absolute Gasteiger partial charge is 0.398 e. The van der Waals surface area contributed by atoms with E-state index < -0.39 is 0 Å². The van der Waals surface area contributed by atoms with Crippen molar-refractivity contribution in [3.05, 3.63) is 205 Å². The third-order valence-electron chi connectivity index (χ3n) is 10.0. The molecule has 0 aliphatic carbocycles. The van der Waals surface area contributed by atoms with E-state index in [1.54, 1.807) is 6.20 Å². The number of hydrogen-bond donors (Lipinski definition) is 1. The lowest BCUT2D eigenvalue weighted by atomic mass is 9.87. The second kappa shape index (κ2) is 13.5. The van der Waals surface area contributed by atoms with Crippen molar-refractivity contribution in [1.29, 1.82) is 0 Å². The summed E-state index contributed by atoms with van der Waals surface area (Å²) in [5, 5.41) is 10.2. The van der Waals surface area contributed by atoms with Gasteiger partial charge >= 0.3 is 0 Å². The molecule has 0 fully saturated rings. The van der Waals surface area contributed by atoms with E-state index in [9.17, 15) is 0 Å². The van der Waals surface area contributed by atoms with Crippen molar-refractivity contribution < 1.29 is 0 Å². The summed E-state index contributed by atoms with van der Waals surface area (Å²) in [4.78, 5) is 9.48. The van der Waals surface area contributed by atoms with E-state index in [4.69, 9.17) is 10.7 Å². The van der Waals surface area contributed by atoms with E-state index in [1.165, 1.54) is 48.7 Å². The summed E-state index contributed by atoms with van der Waals surface area (Å²) in [7, 11) is 0. The Morgan fingerprint density at radius 3 is 1.83 bits per heavy atom. The summed E-state index contributed by atoms with van der Waals surface area (Å²) in [6, 6.07) is 60.1. The minimum absolute atomic E-state index is 0.544. The molecular weight excluding hydrogens is 631 g/mol. The molecule has 1 aromatic heterocycles. The number of rotatable bonds is 7. The van der Waals surface area contributed by atoms with Crippen molar-refractivity contribution >= 4 is 54.5 Å². The number of aliphatic imine (C=N–C) groups is 1. The molecule has 0 unspecified atom stereocenters. The van der Waals surface area contributed by atoms with Gasteiger partial charge in [0.15, 0.2) is 0 Å². The van der Waals surface area contributed by atoms with Crippen LogP contribution in [0.15, 0.2) is 193 Å². The molecule has 3 heteroatoms. The van der Waals surface area contributed by atoms with Crippen LogP contribution in [0.5, 0.6) is 0 Å². The molecule has 3 nitrogen and oxygen atoms in total. The molecule has 0 amide bonds. The lowest BCUT2D eigenvalue weighted by molar-refractivity contribution is 1.07. The third-order valence-corrected chi connectivity index (χ3v) is 10.0. The molecule has 246 valence electrons. The second-order valence-electron chi connectivity index (χ2n) is 13.1. The molecule has 0 saturated heterocycles. The van der Waals surface area contributed by atoms with Crippen LogP contribution in [0, 0.1) is 0 Å². The van der Waals surface area contributed by atoms with Crippen molar-refractivity contribution in [2.24, 2.45) is 10.7 Å². The van der Waals surface area contributed by atoms with Crippen LogP contribution < -0.4 is 5.73 Å². The summed E-state index contributed by atoms with van der Waals surface area (Å²) in [5.74, 6) is 0. The van der Waals surface area contributed by atoms with Gasteiger partial charge in [-0.15, -0.1) is 0 Å². The van der Waals surface area contributed by atoms with E-state index in [-0.39, 0.29) is 0 Å². The molecule has 0 aliphatic heterocycles. The number of nitrogens with two attached hydrogens (primary N) is 1. The van der Waals surface area contributed by atoms with Crippen LogP contribution in [-0.4, -0.2) is 10.7 Å². The van der Waals surface area contributed by atoms with Crippen LogP contribution in [0.4, 0.5) is 0 Å². The maximum atomic E-state index is 6.92. The number of pyridine rings is 1. The molecule has 0 radical (unpaired) electrons. The van der Waals surface area contributed by atoms with Gasteiger partial charge in [-0.25, -0.2) is 0 Å². The maximum absolute atomic E-state index is 6.92. The highest BCUT2D eigenvalue weighted by Gasteiger charge is 2.16.